The Labute approximate surface area is 120 Å². The van der Waals surface area contributed by atoms with Crippen molar-refractivity contribution in [3.63, 3.8) is 0 Å². The smallest absolute Gasteiger partial charge is 0.237 e. The van der Waals surface area contributed by atoms with E-state index in [0.717, 1.165) is 11.3 Å². The van der Waals surface area contributed by atoms with Gasteiger partial charge in [-0.15, -0.1) is 0 Å². The van der Waals surface area contributed by atoms with Gasteiger partial charge < -0.3 is 10.5 Å². The van der Waals surface area contributed by atoms with Gasteiger partial charge in [-0.3, -0.25) is 4.31 Å². The van der Waals surface area contributed by atoms with E-state index in [1.165, 1.54) is 4.31 Å². The van der Waals surface area contributed by atoms with E-state index in [4.69, 9.17) is 10.5 Å². The Balaban J connectivity index is 2.20. The van der Waals surface area contributed by atoms with Crippen molar-refractivity contribution in [1.29, 1.82) is 0 Å². The van der Waals surface area contributed by atoms with Gasteiger partial charge in [-0.2, -0.15) is 0 Å². The van der Waals surface area contributed by atoms with Gasteiger partial charge in [-0.05, 0) is 51.0 Å². The quantitative estimate of drug-likeness (QED) is 0.841. The predicted molar refractivity (Wildman–Crippen MR) is 81.4 cm³/mol. The number of sulfonamides is 1. The molecule has 2 N–H and O–H groups in total. The first-order chi connectivity index (χ1) is 9.31. The predicted octanol–water partition coefficient (Wildman–Crippen LogP) is 1.77. The van der Waals surface area contributed by atoms with Crippen molar-refractivity contribution < 1.29 is 13.2 Å². The van der Waals surface area contributed by atoms with Crippen LogP contribution in [-0.4, -0.2) is 32.9 Å². The summed E-state index contributed by atoms with van der Waals surface area (Å²) in [6, 6.07) is 5.31. The summed E-state index contributed by atoms with van der Waals surface area (Å²) >= 11 is 0. The van der Waals surface area contributed by atoms with Gasteiger partial charge in [-0.25, -0.2) is 8.42 Å². The number of hydrogen-bond donors (Lipinski definition) is 1. The molecule has 0 amide bonds. The number of rotatable bonds is 5. The molecule has 0 spiro atoms. The number of benzene rings is 1. The number of fused-ring (bicyclic) bond motifs is 1. The highest BCUT2D eigenvalue weighted by molar-refractivity contribution is 7.92. The van der Waals surface area contributed by atoms with Crippen LogP contribution in [0.3, 0.4) is 0 Å². The van der Waals surface area contributed by atoms with Crippen molar-refractivity contribution in [3.05, 3.63) is 23.8 Å². The van der Waals surface area contributed by atoms with Crippen LogP contribution >= 0.6 is 0 Å². The Bertz CT molecular complexity index is 584. The third-order valence-corrected chi connectivity index (χ3v) is 5.19. The van der Waals surface area contributed by atoms with Crippen LogP contribution in [-0.2, 0) is 21.2 Å². The summed E-state index contributed by atoms with van der Waals surface area (Å²) in [6.45, 7) is 5.91. The Morgan fingerprint density at radius 1 is 1.45 bits per heavy atom. The van der Waals surface area contributed by atoms with Gasteiger partial charge in [0.15, 0.2) is 0 Å². The molecule has 6 heteroatoms. The number of nitrogens with two attached hydrogens (primary N) is 1. The Morgan fingerprint density at radius 2 is 2.15 bits per heavy atom. The molecule has 2 rings (SSSR count). The monoisotopic (exact) mass is 298 g/mol. The number of hydrogen-bond acceptors (Lipinski definition) is 4. The third-order valence-electron chi connectivity index (χ3n) is 3.35. The maximum absolute atomic E-state index is 12.5. The van der Waals surface area contributed by atoms with Gasteiger partial charge in [0.1, 0.15) is 0 Å². The van der Waals surface area contributed by atoms with E-state index in [-0.39, 0.29) is 24.5 Å². The molecule has 1 unspecified atom stereocenters. The summed E-state index contributed by atoms with van der Waals surface area (Å²) in [6.07, 6.45) is 0.734. The highest BCUT2D eigenvalue weighted by atomic mass is 32.2. The fourth-order valence-corrected chi connectivity index (χ4v) is 4.14. The zero-order valence-corrected chi connectivity index (χ0v) is 13.0. The maximum atomic E-state index is 12.5. The van der Waals surface area contributed by atoms with Crippen molar-refractivity contribution in [1.82, 2.24) is 0 Å². The lowest BCUT2D eigenvalue weighted by atomic mass is 10.1. The molecule has 0 saturated carbocycles. The molecular weight excluding hydrogens is 276 g/mol. The van der Waals surface area contributed by atoms with Crippen molar-refractivity contribution in [2.24, 2.45) is 0 Å². The molecule has 0 aromatic heterocycles. The van der Waals surface area contributed by atoms with Gasteiger partial charge in [0.25, 0.3) is 0 Å². The molecule has 1 aliphatic rings. The Morgan fingerprint density at radius 3 is 2.80 bits per heavy atom. The van der Waals surface area contributed by atoms with E-state index in [9.17, 15) is 8.42 Å². The second-order valence-electron chi connectivity index (χ2n) is 5.47. The van der Waals surface area contributed by atoms with E-state index in [1.54, 1.807) is 12.1 Å². The van der Waals surface area contributed by atoms with Crippen molar-refractivity contribution >= 4 is 21.4 Å². The molecule has 0 fully saturated rings. The van der Waals surface area contributed by atoms with E-state index < -0.39 is 10.0 Å². The summed E-state index contributed by atoms with van der Waals surface area (Å²) in [5, 5.41) is 0. The molecule has 1 aliphatic heterocycles. The number of ether oxygens (including phenoxy) is 1. The second kappa shape index (κ2) is 5.61. The summed E-state index contributed by atoms with van der Waals surface area (Å²) in [5.41, 5.74) is 8.16. The van der Waals surface area contributed by atoms with Crippen molar-refractivity contribution in [2.75, 3.05) is 22.4 Å². The molecule has 20 heavy (non-hydrogen) atoms. The minimum absolute atomic E-state index is 0.000658. The molecular formula is C14H22N2O3S. The van der Waals surface area contributed by atoms with Crippen LogP contribution in [0.15, 0.2) is 18.2 Å². The lowest BCUT2D eigenvalue weighted by molar-refractivity contribution is 0.0912. The SMILES string of the molecule is CC(C)OCCS(=O)(=O)N1c2ccc(N)cc2CC1C. The minimum atomic E-state index is -3.36. The second-order valence-corrected chi connectivity index (χ2v) is 7.44. The van der Waals surface area contributed by atoms with Crippen LogP contribution in [0.25, 0.3) is 0 Å². The standard InChI is InChI=1S/C14H22N2O3S/c1-10(2)19-6-7-20(17,18)16-11(3)8-12-9-13(15)4-5-14(12)16/h4-5,9-11H,6-8,15H2,1-3H3. The average molecular weight is 298 g/mol. The number of nitrogens with zero attached hydrogens (tertiary/aromatic N) is 1. The summed E-state index contributed by atoms with van der Waals surface area (Å²) in [5.74, 6) is -0.000658. The molecule has 0 aliphatic carbocycles. The van der Waals surface area contributed by atoms with Crippen molar-refractivity contribution in [3.8, 4) is 0 Å². The summed E-state index contributed by atoms with van der Waals surface area (Å²) < 4.78 is 31.8. The maximum Gasteiger partial charge on any atom is 0.237 e. The van der Waals surface area contributed by atoms with Gasteiger partial charge in [0.05, 0.1) is 24.2 Å². The van der Waals surface area contributed by atoms with Crippen LogP contribution in [0.1, 0.15) is 26.3 Å². The summed E-state index contributed by atoms with van der Waals surface area (Å²) in [4.78, 5) is 0. The van der Waals surface area contributed by atoms with E-state index in [2.05, 4.69) is 0 Å². The van der Waals surface area contributed by atoms with E-state index in [0.29, 0.717) is 12.1 Å². The average Bonchev–Trinajstić information content (AvgIpc) is 2.63. The van der Waals surface area contributed by atoms with Crippen LogP contribution in [0.2, 0.25) is 0 Å². The fourth-order valence-electron chi connectivity index (χ4n) is 2.53. The molecule has 0 saturated heterocycles. The topological polar surface area (TPSA) is 72.6 Å². The number of nitrogen functional groups attached to an aromatic ring is 1. The van der Waals surface area contributed by atoms with Gasteiger partial charge in [-0.1, -0.05) is 0 Å². The molecule has 1 aromatic carbocycles. The molecule has 1 heterocycles. The first-order valence-electron chi connectivity index (χ1n) is 6.83. The number of anilines is 2. The Kier molecular flexibility index (Phi) is 4.25. The Hall–Kier alpha value is -1.27. The first kappa shape index (κ1) is 15.1. The van der Waals surface area contributed by atoms with Crippen LogP contribution in [0, 0.1) is 0 Å². The molecule has 1 atom stereocenters. The van der Waals surface area contributed by atoms with E-state index >= 15 is 0 Å². The third kappa shape index (κ3) is 3.07. The normalized spacial score (nSPS) is 18.6. The fraction of sp³-hybridized carbons (Fsp3) is 0.571. The van der Waals surface area contributed by atoms with Crippen LogP contribution < -0.4 is 10.0 Å². The zero-order valence-electron chi connectivity index (χ0n) is 12.2. The van der Waals surface area contributed by atoms with Crippen molar-refractivity contribution in [2.45, 2.75) is 39.3 Å². The van der Waals surface area contributed by atoms with Crippen LogP contribution in [0.4, 0.5) is 11.4 Å². The molecule has 0 radical (unpaired) electrons. The largest absolute Gasteiger partial charge is 0.399 e. The highest BCUT2D eigenvalue weighted by Gasteiger charge is 2.34. The van der Waals surface area contributed by atoms with Gasteiger partial charge in [0.2, 0.25) is 10.0 Å². The van der Waals surface area contributed by atoms with Gasteiger partial charge >= 0.3 is 0 Å². The molecule has 5 nitrogen and oxygen atoms in total. The lowest BCUT2D eigenvalue weighted by Gasteiger charge is -2.24. The van der Waals surface area contributed by atoms with E-state index in [1.807, 2.05) is 26.8 Å². The highest BCUT2D eigenvalue weighted by Crippen LogP contribution is 2.35. The van der Waals surface area contributed by atoms with Gasteiger partial charge in [0, 0.05) is 11.7 Å². The molecule has 1 aromatic rings. The minimum Gasteiger partial charge on any atom is -0.399 e. The first-order valence-corrected chi connectivity index (χ1v) is 8.44. The molecule has 112 valence electrons. The summed E-state index contributed by atoms with van der Waals surface area (Å²) in [7, 11) is -3.36. The molecule has 0 bridgehead atoms. The zero-order chi connectivity index (χ0) is 14.9. The van der Waals surface area contributed by atoms with Crippen LogP contribution in [0.5, 0.6) is 0 Å². The lowest BCUT2D eigenvalue weighted by Crippen LogP contribution is -2.38.